The van der Waals surface area contributed by atoms with Crippen molar-refractivity contribution >= 4 is 29.3 Å². The summed E-state index contributed by atoms with van der Waals surface area (Å²) in [5, 5.41) is 12.1. The molecule has 1 fully saturated rings. The zero-order chi connectivity index (χ0) is 17.8. The van der Waals surface area contributed by atoms with Crippen LogP contribution in [-0.2, 0) is 4.79 Å². The van der Waals surface area contributed by atoms with Crippen LogP contribution in [0, 0.1) is 11.8 Å². The normalized spacial score (nSPS) is 23.4. The van der Waals surface area contributed by atoms with Gasteiger partial charge in [-0.1, -0.05) is 62.2 Å². The standard InChI is InChI=1S/C18H22ClN3O2S/c1-11-6-5-9-15(12(11)2)20-16(23)10-25-18-22-21-17(24-18)13-7-3-4-8-14(13)19/h3-4,7-8,11-12,15H,5-6,9-10H2,1-2H3,(H,20,23). The Labute approximate surface area is 156 Å². The van der Waals surface area contributed by atoms with Crippen LogP contribution in [0.1, 0.15) is 33.1 Å². The minimum absolute atomic E-state index is 0.00782. The van der Waals surface area contributed by atoms with Crippen LogP contribution >= 0.6 is 23.4 Å². The number of halogens is 1. The first-order valence-corrected chi connectivity index (χ1v) is 9.91. The zero-order valence-corrected chi connectivity index (χ0v) is 15.9. The minimum atomic E-state index is 0.00782. The number of hydrogen-bond acceptors (Lipinski definition) is 5. The highest BCUT2D eigenvalue weighted by molar-refractivity contribution is 7.99. The quantitative estimate of drug-likeness (QED) is 0.778. The first-order chi connectivity index (χ1) is 12.0. The molecule has 0 spiro atoms. The highest BCUT2D eigenvalue weighted by Gasteiger charge is 2.28. The predicted octanol–water partition coefficient (Wildman–Crippen LogP) is 4.42. The number of nitrogens with zero attached hydrogens (tertiary/aromatic N) is 2. The largest absolute Gasteiger partial charge is 0.411 e. The molecule has 1 aliphatic rings. The van der Waals surface area contributed by atoms with Crippen LogP contribution in [0.5, 0.6) is 0 Å². The minimum Gasteiger partial charge on any atom is -0.411 e. The number of aromatic nitrogens is 2. The van der Waals surface area contributed by atoms with E-state index < -0.39 is 0 Å². The molecule has 134 valence electrons. The van der Waals surface area contributed by atoms with Crippen molar-refractivity contribution in [2.24, 2.45) is 11.8 Å². The molecule has 0 saturated heterocycles. The van der Waals surface area contributed by atoms with Crippen molar-refractivity contribution in [3.05, 3.63) is 29.3 Å². The molecule has 3 rings (SSSR count). The third-order valence-electron chi connectivity index (χ3n) is 4.89. The van der Waals surface area contributed by atoms with Gasteiger partial charge in [-0.3, -0.25) is 4.79 Å². The molecule has 1 saturated carbocycles. The number of nitrogens with one attached hydrogen (secondary N) is 1. The van der Waals surface area contributed by atoms with Gasteiger partial charge in [0.1, 0.15) is 0 Å². The average Bonchev–Trinajstić information content (AvgIpc) is 3.06. The van der Waals surface area contributed by atoms with Crippen molar-refractivity contribution in [1.29, 1.82) is 0 Å². The molecule has 0 radical (unpaired) electrons. The third kappa shape index (κ3) is 4.55. The molecule has 0 aliphatic heterocycles. The summed E-state index contributed by atoms with van der Waals surface area (Å²) >= 11 is 7.38. The van der Waals surface area contributed by atoms with Gasteiger partial charge in [0.15, 0.2) is 0 Å². The van der Waals surface area contributed by atoms with Crippen molar-refractivity contribution in [2.75, 3.05) is 5.75 Å². The predicted molar refractivity (Wildman–Crippen MR) is 99.6 cm³/mol. The summed E-state index contributed by atoms with van der Waals surface area (Å²) in [6.45, 7) is 4.47. The number of carbonyl (C=O) groups excluding carboxylic acids is 1. The van der Waals surface area contributed by atoms with Crippen LogP contribution in [0.4, 0.5) is 0 Å². The Bertz CT molecular complexity index is 737. The van der Waals surface area contributed by atoms with Gasteiger partial charge in [0, 0.05) is 6.04 Å². The maximum absolute atomic E-state index is 12.2. The van der Waals surface area contributed by atoms with Gasteiger partial charge in [-0.15, -0.1) is 10.2 Å². The zero-order valence-electron chi connectivity index (χ0n) is 14.4. The van der Waals surface area contributed by atoms with E-state index in [0.29, 0.717) is 33.5 Å². The topological polar surface area (TPSA) is 68.0 Å². The van der Waals surface area contributed by atoms with Crippen LogP contribution < -0.4 is 5.32 Å². The molecule has 3 atom stereocenters. The Hall–Kier alpha value is -1.53. The summed E-state index contributed by atoms with van der Waals surface area (Å²) < 4.78 is 5.61. The number of hydrogen-bond donors (Lipinski definition) is 1. The van der Waals surface area contributed by atoms with Gasteiger partial charge in [0.05, 0.1) is 16.3 Å². The van der Waals surface area contributed by atoms with Crippen molar-refractivity contribution in [3.63, 3.8) is 0 Å². The summed E-state index contributed by atoms with van der Waals surface area (Å²) in [5.74, 6) is 1.80. The van der Waals surface area contributed by atoms with Gasteiger partial charge in [0.25, 0.3) is 5.22 Å². The van der Waals surface area contributed by atoms with Crippen LogP contribution in [0.2, 0.25) is 5.02 Å². The second kappa shape index (κ2) is 8.23. The molecular formula is C18H22ClN3O2S. The molecule has 7 heteroatoms. The van der Waals surface area contributed by atoms with E-state index in [1.165, 1.54) is 24.6 Å². The molecule has 3 unspecified atom stereocenters. The van der Waals surface area contributed by atoms with E-state index in [1.54, 1.807) is 6.07 Å². The molecule has 5 nitrogen and oxygen atoms in total. The van der Waals surface area contributed by atoms with Crippen LogP contribution in [0.15, 0.2) is 33.9 Å². The van der Waals surface area contributed by atoms with Crippen molar-refractivity contribution in [3.8, 4) is 11.5 Å². The molecule has 1 N–H and O–H groups in total. The lowest BCUT2D eigenvalue weighted by Gasteiger charge is -2.34. The molecule has 25 heavy (non-hydrogen) atoms. The summed E-state index contributed by atoms with van der Waals surface area (Å²) in [7, 11) is 0. The van der Waals surface area contributed by atoms with Gasteiger partial charge in [0.2, 0.25) is 11.8 Å². The Kier molecular flexibility index (Phi) is 6.02. The Morgan fingerprint density at radius 1 is 1.32 bits per heavy atom. The van der Waals surface area contributed by atoms with E-state index in [1.807, 2.05) is 18.2 Å². The second-order valence-corrected chi connectivity index (χ2v) is 7.92. The number of amides is 1. The second-order valence-electron chi connectivity index (χ2n) is 6.58. The molecule has 1 amide bonds. The van der Waals surface area contributed by atoms with E-state index in [2.05, 4.69) is 29.4 Å². The maximum atomic E-state index is 12.2. The first-order valence-electron chi connectivity index (χ1n) is 8.55. The molecule has 2 aromatic rings. The van der Waals surface area contributed by atoms with E-state index in [-0.39, 0.29) is 17.7 Å². The summed E-state index contributed by atoms with van der Waals surface area (Å²) in [6, 6.07) is 7.56. The fraction of sp³-hybridized carbons (Fsp3) is 0.500. The van der Waals surface area contributed by atoms with Crippen LogP contribution in [-0.4, -0.2) is 27.9 Å². The van der Waals surface area contributed by atoms with Gasteiger partial charge in [-0.05, 0) is 30.4 Å². The number of carbonyl (C=O) groups is 1. The van der Waals surface area contributed by atoms with Crippen molar-refractivity contribution < 1.29 is 9.21 Å². The van der Waals surface area contributed by atoms with Crippen LogP contribution in [0.25, 0.3) is 11.5 Å². The average molecular weight is 380 g/mol. The number of rotatable bonds is 5. The van der Waals surface area contributed by atoms with Crippen LogP contribution in [0.3, 0.4) is 0 Å². The molecular weight excluding hydrogens is 358 g/mol. The Morgan fingerprint density at radius 2 is 2.12 bits per heavy atom. The van der Waals surface area contributed by atoms with E-state index in [9.17, 15) is 4.79 Å². The van der Waals surface area contributed by atoms with Crippen molar-refractivity contribution in [2.45, 2.75) is 44.4 Å². The summed E-state index contributed by atoms with van der Waals surface area (Å²) in [5.41, 5.74) is 0.693. The van der Waals surface area contributed by atoms with Gasteiger partial charge in [-0.2, -0.15) is 0 Å². The fourth-order valence-corrected chi connectivity index (χ4v) is 3.96. The molecule has 1 aliphatic carbocycles. The lowest BCUT2D eigenvalue weighted by Crippen LogP contribution is -2.44. The molecule has 0 bridgehead atoms. The molecule has 1 aromatic carbocycles. The molecule has 1 heterocycles. The lowest BCUT2D eigenvalue weighted by molar-refractivity contribution is -0.120. The Balaban J connectivity index is 1.54. The summed E-state index contributed by atoms with van der Waals surface area (Å²) in [4.78, 5) is 12.2. The summed E-state index contributed by atoms with van der Waals surface area (Å²) in [6.07, 6.45) is 3.47. The monoisotopic (exact) mass is 379 g/mol. The van der Waals surface area contributed by atoms with E-state index >= 15 is 0 Å². The lowest BCUT2D eigenvalue weighted by atomic mass is 9.78. The smallest absolute Gasteiger partial charge is 0.277 e. The highest BCUT2D eigenvalue weighted by atomic mass is 35.5. The molecule has 1 aromatic heterocycles. The van der Waals surface area contributed by atoms with E-state index in [0.717, 1.165) is 6.42 Å². The van der Waals surface area contributed by atoms with Gasteiger partial charge < -0.3 is 9.73 Å². The first kappa shape index (κ1) is 18.3. The van der Waals surface area contributed by atoms with Gasteiger partial charge in [-0.25, -0.2) is 0 Å². The third-order valence-corrected chi connectivity index (χ3v) is 6.04. The highest BCUT2D eigenvalue weighted by Crippen LogP contribution is 2.30. The maximum Gasteiger partial charge on any atom is 0.277 e. The number of benzene rings is 1. The Morgan fingerprint density at radius 3 is 2.92 bits per heavy atom. The number of thioether (sulfide) groups is 1. The van der Waals surface area contributed by atoms with Gasteiger partial charge >= 0.3 is 0 Å². The fourth-order valence-electron chi connectivity index (χ4n) is 3.17. The van der Waals surface area contributed by atoms with E-state index in [4.69, 9.17) is 16.0 Å². The SMILES string of the molecule is CC1CCCC(NC(=O)CSc2nnc(-c3ccccc3Cl)o2)C1C. The van der Waals surface area contributed by atoms with Crippen molar-refractivity contribution in [1.82, 2.24) is 15.5 Å².